The number of ether oxygens (including phenoxy) is 1. The van der Waals surface area contributed by atoms with E-state index in [1.54, 1.807) is 12.1 Å². The Balaban J connectivity index is 2.52. The second-order valence-corrected chi connectivity index (χ2v) is 4.65. The molecule has 110 valence electrons. The van der Waals surface area contributed by atoms with Crippen LogP contribution in [0.5, 0.6) is 0 Å². The minimum atomic E-state index is -1.45. The second kappa shape index (κ2) is 7.49. The van der Waals surface area contributed by atoms with Crippen LogP contribution in [0.2, 0.25) is 0 Å². The molecular formula is C14H19NO5. The minimum Gasteiger partial charge on any atom is -0.480 e. The maximum Gasteiger partial charge on any atom is 0.408 e. The molecule has 0 bridgehead atoms. The van der Waals surface area contributed by atoms with Crippen LogP contribution in [0.15, 0.2) is 30.3 Å². The normalized spacial score (nSPS) is 13.3. The predicted molar refractivity (Wildman–Crippen MR) is 72.1 cm³/mol. The van der Waals surface area contributed by atoms with Crippen LogP contribution in [0.1, 0.15) is 25.3 Å². The van der Waals surface area contributed by atoms with E-state index in [0.717, 1.165) is 5.56 Å². The topological polar surface area (TPSA) is 95.9 Å². The molecule has 1 rings (SSSR count). The van der Waals surface area contributed by atoms with E-state index in [-0.39, 0.29) is 26.1 Å². The monoisotopic (exact) mass is 281 g/mol. The van der Waals surface area contributed by atoms with Crippen molar-refractivity contribution >= 4 is 12.1 Å². The average molecular weight is 281 g/mol. The minimum absolute atomic E-state index is 0.0718. The molecule has 6 nitrogen and oxygen atoms in total. The summed E-state index contributed by atoms with van der Waals surface area (Å²) in [7, 11) is 0. The Morgan fingerprint density at radius 3 is 2.50 bits per heavy atom. The van der Waals surface area contributed by atoms with Gasteiger partial charge in [0.15, 0.2) is 0 Å². The smallest absolute Gasteiger partial charge is 0.408 e. The van der Waals surface area contributed by atoms with Crippen molar-refractivity contribution in [2.75, 3.05) is 6.61 Å². The van der Waals surface area contributed by atoms with E-state index in [9.17, 15) is 9.59 Å². The molecule has 3 N–H and O–H groups in total. The number of carbonyl (C=O) groups excluding carboxylic acids is 1. The zero-order chi connectivity index (χ0) is 15.0. The molecular weight excluding hydrogens is 262 g/mol. The molecule has 1 atom stereocenters. The van der Waals surface area contributed by atoms with Gasteiger partial charge in [-0.1, -0.05) is 30.3 Å². The summed E-state index contributed by atoms with van der Waals surface area (Å²) < 4.78 is 4.98. The van der Waals surface area contributed by atoms with Gasteiger partial charge in [0.1, 0.15) is 12.1 Å². The van der Waals surface area contributed by atoms with Gasteiger partial charge in [-0.05, 0) is 25.3 Å². The Morgan fingerprint density at radius 2 is 1.95 bits per heavy atom. The van der Waals surface area contributed by atoms with Crippen LogP contribution in [0, 0.1) is 0 Å². The van der Waals surface area contributed by atoms with E-state index >= 15 is 0 Å². The summed E-state index contributed by atoms with van der Waals surface area (Å²) in [6.07, 6.45) is -0.391. The number of benzene rings is 1. The van der Waals surface area contributed by atoms with Gasteiger partial charge in [-0.25, -0.2) is 9.59 Å². The van der Waals surface area contributed by atoms with Gasteiger partial charge >= 0.3 is 12.1 Å². The molecule has 0 heterocycles. The molecule has 1 unspecified atom stereocenters. The van der Waals surface area contributed by atoms with Crippen molar-refractivity contribution < 1.29 is 24.5 Å². The summed E-state index contributed by atoms with van der Waals surface area (Å²) in [6.45, 7) is 1.32. The van der Waals surface area contributed by atoms with Gasteiger partial charge in [-0.3, -0.25) is 0 Å². The number of carbonyl (C=O) groups is 2. The molecule has 0 aliphatic heterocycles. The number of amides is 1. The fourth-order valence-electron chi connectivity index (χ4n) is 1.64. The Morgan fingerprint density at radius 1 is 1.30 bits per heavy atom. The van der Waals surface area contributed by atoms with Gasteiger partial charge in [0.2, 0.25) is 0 Å². The largest absolute Gasteiger partial charge is 0.480 e. The lowest BCUT2D eigenvalue weighted by molar-refractivity contribution is -0.144. The molecule has 0 fully saturated rings. The maximum atomic E-state index is 11.6. The van der Waals surface area contributed by atoms with E-state index in [2.05, 4.69) is 5.32 Å². The molecule has 6 heteroatoms. The molecule has 1 amide bonds. The number of nitrogens with one attached hydrogen (secondary N) is 1. The summed E-state index contributed by atoms with van der Waals surface area (Å²) >= 11 is 0. The molecule has 20 heavy (non-hydrogen) atoms. The highest BCUT2D eigenvalue weighted by atomic mass is 16.5. The van der Waals surface area contributed by atoms with E-state index in [1.165, 1.54) is 6.92 Å². The molecule has 1 aromatic carbocycles. The first-order chi connectivity index (χ1) is 9.48. The summed E-state index contributed by atoms with van der Waals surface area (Å²) in [4.78, 5) is 22.8. The highest BCUT2D eigenvalue weighted by molar-refractivity contribution is 5.83. The lowest BCUT2D eigenvalue weighted by atomic mass is 9.96. The average Bonchev–Trinajstić information content (AvgIpc) is 2.44. The summed E-state index contributed by atoms with van der Waals surface area (Å²) in [5.74, 6) is -1.16. The van der Waals surface area contributed by atoms with Crippen molar-refractivity contribution in [3.05, 3.63) is 35.9 Å². The zero-order valence-electron chi connectivity index (χ0n) is 11.3. The fourth-order valence-corrected chi connectivity index (χ4v) is 1.64. The van der Waals surface area contributed by atoms with Crippen molar-refractivity contribution in [3.63, 3.8) is 0 Å². The van der Waals surface area contributed by atoms with Crippen LogP contribution in [0.3, 0.4) is 0 Å². The number of carboxylic acids is 1. The summed E-state index contributed by atoms with van der Waals surface area (Å²) in [5, 5.41) is 20.2. The van der Waals surface area contributed by atoms with Gasteiger partial charge in [0, 0.05) is 6.61 Å². The Hall–Kier alpha value is -2.08. The number of rotatable bonds is 7. The number of alkyl carbamates (subject to hydrolysis) is 1. The fraction of sp³-hybridized carbons (Fsp3) is 0.429. The molecule has 0 saturated carbocycles. The van der Waals surface area contributed by atoms with E-state index in [1.807, 2.05) is 18.2 Å². The maximum absolute atomic E-state index is 11.6. The summed E-state index contributed by atoms with van der Waals surface area (Å²) in [6, 6.07) is 9.09. The van der Waals surface area contributed by atoms with E-state index in [4.69, 9.17) is 14.9 Å². The van der Waals surface area contributed by atoms with Gasteiger partial charge in [-0.2, -0.15) is 0 Å². The van der Waals surface area contributed by atoms with E-state index in [0.29, 0.717) is 0 Å². The van der Waals surface area contributed by atoms with Crippen LogP contribution >= 0.6 is 0 Å². The van der Waals surface area contributed by atoms with Crippen molar-refractivity contribution in [2.45, 2.75) is 31.9 Å². The first-order valence-electron chi connectivity index (χ1n) is 6.31. The van der Waals surface area contributed by atoms with Crippen LogP contribution < -0.4 is 5.32 Å². The van der Waals surface area contributed by atoms with Gasteiger partial charge < -0.3 is 20.3 Å². The summed E-state index contributed by atoms with van der Waals surface area (Å²) in [5.41, 5.74) is -0.633. The number of hydrogen-bond acceptors (Lipinski definition) is 4. The second-order valence-electron chi connectivity index (χ2n) is 4.65. The highest BCUT2D eigenvalue weighted by Gasteiger charge is 2.34. The highest BCUT2D eigenvalue weighted by Crippen LogP contribution is 2.13. The third-order valence-corrected chi connectivity index (χ3v) is 2.90. The van der Waals surface area contributed by atoms with Crippen LogP contribution in [0.25, 0.3) is 0 Å². The number of aliphatic hydroxyl groups is 1. The van der Waals surface area contributed by atoms with Crippen molar-refractivity contribution in [2.24, 2.45) is 0 Å². The van der Waals surface area contributed by atoms with Crippen LogP contribution in [-0.4, -0.2) is 34.4 Å². The van der Waals surface area contributed by atoms with Crippen molar-refractivity contribution in [3.8, 4) is 0 Å². The van der Waals surface area contributed by atoms with Gasteiger partial charge in [-0.15, -0.1) is 0 Å². The number of aliphatic carboxylic acids is 1. The molecule has 0 aliphatic rings. The molecule has 0 spiro atoms. The quantitative estimate of drug-likeness (QED) is 0.704. The Bertz CT molecular complexity index is 448. The molecule has 0 aromatic heterocycles. The number of hydrogen-bond donors (Lipinski definition) is 3. The van der Waals surface area contributed by atoms with Crippen molar-refractivity contribution in [1.29, 1.82) is 0 Å². The molecule has 0 saturated heterocycles. The van der Waals surface area contributed by atoms with E-state index < -0.39 is 17.6 Å². The molecule has 0 radical (unpaired) electrons. The van der Waals surface area contributed by atoms with Crippen LogP contribution in [0.4, 0.5) is 4.79 Å². The predicted octanol–water partition coefficient (Wildman–Crippen LogP) is 1.53. The zero-order valence-corrected chi connectivity index (χ0v) is 11.3. The van der Waals surface area contributed by atoms with Crippen molar-refractivity contribution in [1.82, 2.24) is 5.32 Å². The SMILES string of the molecule is CC(CCCO)(NC(=O)OCc1ccccc1)C(=O)O. The molecule has 0 aliphatic carbocycles. The standard InChI is InChI=1S/C14H19NO5/c1-14(12(17)18,8-5-9-16)15-13(19)20-10-11-6-3-2-4-7-11/h2-4,6-7,16H,5,8-10H2,1H3,(H,15,19)(H,17,18). The third-order valence-electron chi connectivity index (χ3n) is 2.90. The lowest BCUT2D eigenvalue weighted by Crippen LogP contribution is -2.52. The lowest BCUT2D eigenvalue weighted by Gasteiger charge is -2.25. The number of aliphatic hydroxyl groups excluding tert-OH is 1. The number of carboxylic acid groups (broad SMARTS) is 1. The van der Waals surface area contributed by atoms with Crippen LogP contribution in [-0.2, 0) is 16.1 Å². The molecule has 1 aromatic rings. The third kappa shape index (κ3) is 4.89. The van der Waals surface area contributed by atoms with Gasteiger partial charge in [0.25, 0.3) is 0 Å². The van der Waals surface area contributed by atoms with Gasteiger partial charge in [0.05, 0.1) is 0 Å². The Kier molecular flexibility index (Phi) is 5.99. The Labute approximate surface area is 117 Å². The first-order valence-corrected chi connectivity index (χ1v) is 6.31. The first kappa shape index (κ1) is 16.0.